The smallest absolute Gasteiger partial charge is 0.0184 e. The molecule has 0 radical (unpaired) electrons. The van der Waals surface area contributed by atoms with Crippen LogP contribution in [0.5, 0.6) is 0 Å². The van der Waals surface area contributed by atoms with Crippen molar-refractivity contribution in [2.75, 3.05) is 12.3 Å². The van der Waals surface area contributed by atoms with E-state index >= 15 is 0 Å². The van der Waals surface area contributed by atoms with Crippen molar-refractivity contribution in [1.29, 1.82) is 0 Å². The second kappa shape index (κ2) is 11.7. The van der Waals surface area contributed by atoms with Crippen molar-refractivity contribution in [2.24, 2.45) is 0 Å². The molecule has 2 rings (SSSR count). The van der Waals surface area contributed by atoms with Gasteiger partial charge in [0, 0.05) is 0 Å². The third-order valence-electron chi connectivity index (χ3n) is 3.01. The minimum atomic E-state index is 1.24. The van der Waals surface area contributed by atoms with E-state index in [1.54, 1.807) is 0 Å². The molecule has 0 fully saturated rings. The molecule has 0 saturated heterocycles. The maximum atomic E-state index is 2.26. The van der Waals surface area contributed by atoms with E-state index in [4.69, 9.17) is 0 Å². The standard InChI is InChI=1S/C12H10.C7H17P/c1-3-7-11(8-4-1)12-9-5-2-6-10-12;1-3-5-7-8-6-4-2/h1-10H;8H,3-7H2,1-2H3. The van der Waals surface area contributed by atoms with Crippen molar-refractivity contribution in [3.05, 3.63) is 60.7 Å². The molecule has 0 amide bonds. The summed E-state index contributed by atoms with van der Waals surface area (Å²) in [6, 6.07) is 20.8. The molecule has 0 aliphatic heterocycles. The molecule has 0 aromatic heterocycles. The van der Waals surface area contributed by atoms with Gasteiger partial charge in [0.25, 0.3) is 0 Å². The molecule has 1 unspecified atom stereocenters. The zero-order chi connectivity index (χ0) is 14.5. The van der Waals surface area contributed by atoms with Gasteiger partial charge in [0.05, 0.1) is 0 Å². The minimum Gasteiger partial charge on any atom is -0.122 e. The summed E-state index contributed by atoms with van der Waals surface area (Å²) in [5, 5.41) is 0. The average Bonchev–Trinajstić information content (AvgIpc) is 2.54. The van der Waals surface area contributed by atoms with E-state index < -0.39 is 0 Å². The predicted octanol–water partition coefficient (Wildman–Crippen LogP) is 6.23. The van der Waals surface area contributed by atoms with Gasteiger partial charge in [-0.25, -0.2) is 0 Å². The van der Waals surface area contributed by atoms with Gasteiger partial charge >= 0.3 is 0 Å². The first-order valence-electron chi connectivity index (χ1n) is 7.69. The largest absolute Gasteiger partial charge is 0.122 e. The highest BCUT2D eigenvalue weighted by molar-refractivity contribution is 7.37. The van der Waals surface area contributed by atoms with Crippen molar-refractivity contribution in [3.8, 4) is 11.1 Å². The Balaban J connectivity index is 0.000000221. The molecule has 108 valence electrons. The number of hydrogen-bond donors (Lipinski definition) is 0. The Kier molecular flexibility index (Phi) is 9.88. The van der Waals surface area contributed by atoms with Gasteiger partial charge in [0.15, 0.2) is 0 Å². The molecule has 0 nitrogen and oxygen atoms in total. The van der Waals surface area contributed by atoms with Crippen LogP contribution in [0.1, 0.15) is 33.1 Å². The van der Waals surface area contributed by atoms with Crippen molar-refractivity contribution in [3.63, 3.8) is 0 Å². The van der Waals surface area contributed by atoms with Gasteiger partial charge in [-0.05, 0) is 29.9 Å². The number of hydrogen-bond acceptors (Lipinski definition) is 0. The third kappa shape index (κ3) is 7.46. The van der Waals surface area contributed by atoms with Crippen LogP contribution in [0.2, 0.25) is 0 Å². The fraction of sp³-hybridized carbons (Fsp3) is 0.368. The molecule has 1 atom stereocenters. The van der Waals surface area contributed by atoms with Crippen molar-refractivity contribution >= 4 is 8.58 Å². The van der Waals surface area contributed by atoms with Crippen LogP contribution in [0.25, 0.3) is 11.1 Å². The molecule has 20 heavy (non-hydrogen) atoms. The van der Waals surface area contributed by atoms with Crippen molar-refractivity contribution in [2.45, 2.75) is 33.1 Å². The van der Waals surface area contributed by atoms with Crippen LogP contribution in [0.3, 0.4) is 0 Å². The van der Waals surface area contributed by atoms with Gasteiger partial charge < -0.3 is 0 Å². The van der Waals surface area contributed by atoms with Crippen molar-refractivity contribution < 1.29 is 0 Å². The highest BCUT2D eigenvalue weighted by Crippen LogP contribution is 2.17. The van der Waals surface area contributed by atoms with Gasteiger partial charge in [-0.2, -0.15) is 0 Å². The van der Waals surface area contributed by atoms with Crippen LogP contribution >= 0.6 is 8.58 Å². The number of benzene rings is 2. The van der Waals surface area contributed by atoms with Gasteiger partial charge in [-0.3, -0.25) is 0 Å². The average molecular weight is 286 g/mol. The molecule has 1 heteroatoms. The zero-order valence-electron chi connectivity index (χ0n) is 12.8. The highest BCUT2D eigenvalue weighted by Gasteiger charge is 1.91. The summed E-state index contributed by atoms with van der Waals surface area (Å²) in [4.78, 5) is 0. The molecule has 0 aliphatic carbocycles. The second-order valence-corrected chi connectivity index (χ2v) is 6.34. The predicted molar refractivity (Wildman–Crippen MR) is 95.1 cm³/mol. The fourth-order valence-corrected chi connectivity index (χ4v) is 3.07. The maximum absolute atomic E-state index is 2.26. The third-order valence-corrected chi connectivity index (χ3v) is 4.58. The molecule has 0 aliphatic rings. The van der Waals surface area contributed by atoms with Gasteiger partial charge in [-0.1, -0.05) is 87.4 Å². The number of rotatable bonds is 6. The van der Waals surface area contributed by atoms with Gasteiger partial charge in [0.1, 0.15) is 0 Å². The molecule has 2 aromatic rings. The van der Waals surface area contributed by atoms with Crippen LogP contribution < -0.4 is 0 Å². The van der Waals surface area contributed by atoms with E-state index in [1.165, 1.54) is 51.3 Å². The van der Waals surface area contributed by atoms with E-state index in [0.717, 1.165) is 0 Å². The fourth-order valence-electron chi connectivity index (χ4n) is 1.86. The van der Waals surface area contributed by atoms with E-state index in [-0.39, 0.29) is 0 Å². The van der Waals surface area contributed by atoms with E-state index in [0.29, 0.717) is 0 Å². The lowest BCUT2D eigenvalue weighted by Gasteiger charge is -1.98. The van der Waals surface area contributed by atoms with Crippen LogP contribution in [0, 0.1) is 0 Å². The molecule has 0 heterocycles. The number of unbranched alkanes of at least 4 members (excludes halogenated alkanes) is 1. The van der Waals surface area contributed by atoms with Crippen LogP contribution in [0.15, 0.2) is 60.7 Å². The summed E-state index contributed by atoms with van der Waals surface area (Å²) in [5.74, 6) is 0. The molecule has 2 aromatic carbocycles. The SMILES string of the molecule is CCCCPCCC.c1ccc(-c2ccccc2)cc1. The quantitative estimate of drug-likeness (QED) is 0.436. The van der Waals surface area contributed by atoms with Crippen LogP contribution in [0.4, 0.5) is 0 Å². The van der Waals surface area contributed by atoms with E-state index in [9.17, 15) is 0 Å². The summed E-state index contributed by atoms with van der Waals surface area (Å²) in [5.41, 5.74) is 2.55. The van der Waals surface area contributed by atoms with Crippen LogP contribution in [-0.2, 0) is 0 Å². The lowest BCUT2D eigenvalue weighted by Crippen LogP contribution is -1.76. The summed E-state index contributed by atoms with van der Waals surface area (Å²) in [6.07, 6.45) is 7.13. The normalized spacial score (nSPS) is 10.3. The first kappa shape index (κ1) is 16.9. The lowest BCUT2D eigenvalue weighted by atomic mass is 10.1. The van der Waals surface area contributed by atoms with Gasteiger partial charge in [0.2, 0.25) is 0 Å². The first-order chi connectivity index (χ1) is 9.88. The van der Waals surface area contributed by atoms with Crippen molar-refractivity contribution in [1.82, 2.24) is 0 Å². The monoisotopic (exact) mass is 286 g/mol. The van der Waals surface area contributed by atoms with E-state index in [1.807, 2.05) is 12.1 Å². The molecular weight excluding hydrogens is 259 g/mol. The maximum Gasteiger partial charge on any atom is -0.0184 e. The van der Waals surface area contributed by atoms with Gasteiger partial charge in [-0.15, -0.1) is 8.58 Å². The van der Waals surface area contributed by atoms with E-state index in [2.05, 4.69) is 62.4 Å². The molecule has 0 saturated carbocycles. The highest BCUT2D eigenvalue weighted by atomic mass is 31.1. The summed E-state index contributed by atoms with van der Waals surface area (Å²) >= 11 is 0. The summed E-state index contributed by atoms with van der Waals surface area (Å²) in [6.45, 7) is 4.52. The summed E-state index contributed by atoms with van der Waals surface area (Å²) in [7, 11) is 1.24. The Morgan fingerprint density at radius 1 is 0.650 bits per heavy atom. The molecule has 0 N–H and O–H groups in total. The Bertz CT molecular complexity index is 379. The topological polar surface area (TPSA) is 0 Å². The molecular formula is C19H27P. The minimum absolute atomic E-state index is 1.24. The second-order valence-electron chi connectivity index (χ2n) is 4.84. The Morgan fingerprint density at radius 3 is 1.55 bits per heavy atom. The molecule has 0 bridgehead atoms. The van der Waals surface area contributed by atoms with Crippen LogP contribution in [-0.4, -0.2) is 12.3 Å². The zero-order valence-corrected chi connectivity index (χ0v) is 13.8. The first-order valence-corrected chi connectivity index (χ1v) is 9.11. The lowest BCUT2D eigenvalue weighted by molar-refractivity contribution is 0.892. The molecule has 0 spiro atoms. The summed E-state index contributed by atoms with van der Waals surface area (Å²) < 4.78 is 0. The Labute approximate surface area is 126 Å². The Hall–Kier alpha value is -1.13. The Morgan fingerprint density at radius 2 is 1.15 bits per heavy atom.